The minimum absolute atomic E-state index is 0.0489. The van der Waals surface area contributed by atoms with Gasteiger partial charge in [0.15, 0.2) is 11.5 Å². The highest BCUT2D eigenvalue weighted by atomic mass is 16.5. The van der Waals surface area contributed by atoms with Crippen LogP contribution in [0.15, 0.2) is 36.5 Å². The van der Waals surface area contributed by atoms with Crippen molar-refractivity contribution in [2.24, 2.45) is 29.4 Å². The van der Waals surface area contributed by atoms with E-state index in [2.05, 4.69) is 30.2 Å². The number of anilines is 1. The molecule has 1 amide bonds. The van der Waals surface area contributed by atoms with Crippen molar-refractivity contribution < 1.29 is 24.1 Å². The molecule has 2 rings (SSSR count). The Morgan fingerprint density at radius 2 is 1.77 bits per heavy atom. The predicted molar refractivity (Wildman–Crippen MR) is 156 cm³/mol. The Bertz CT molecular complexity index is 996. The van der Waals surface area contributed by atoms with Crippen LogP contribution < -0.4 is 20.5 Å². The molecule has 0 aliphatic heterocycles. The lowest BCUT2D eigenvalue weighted by atomic mass is 9.81. The van der Waals surface area contributed by atoms with Gasteiger partial charge in [-0.2, -0.15) is 0 Å². The average molecular weight is 544 g/mol. The number of aromatic nitrogens is 1. The SMILES string of the molecule is COCCCOc1cc(CC(CC(N)C(O)CC(C(=O)Nc2ccc(C)nc2)C(C)C)C(C)C)ccc1OC. The van der Waals surface area contributed by atoms with E-state index in [9.17, 15) is 9.90 Å². The summed E-state index contributed by atoms with van der Waals surface area (Å²) in [5.41, 5.74) is 9.21. The van der Waals surface area contributed by atoms with Crippen LogP contribution in [0.1, 0.15) is 58.2 Å². The largest absolute Gasteiger partial charge is 0.493 e. The Morgan fingerprint density at radius 3 is 2.36 bits per heavy atom. The molecular weight excluding hydrogens is 494 g/mol. The summed E-state index contributed by atoms with van der Waals surface area (Å²) in [5, 5.41) is 14.0. The van der Waals surface area contributed by atoms with E-state index in [0.29, 0.717) is 49.2 Å². The number of carbonyl (C=O) groups is 1. The molecule has 1 heterocycles. The van der Waals surface area contributed by atoms with Crippen LogP contribution in [-0.4, -0.2) is 55.6 Å². The maximum Gasteiger partial charge on any atom is 0.227 e. The zero-order chi connectivity index (χ0) is 28.9. The van der Waals surface area contributed by atoms with Crippen LogP contribution in [0, 0.1) is 30.6 Å². The number of nitrogens with two attached hydrogens (primary N) is 1. The van der Waals surface area contributed by atoms with Crippen molar-refractivity contribution in [2.45, 2.75) is 72.4 Å². The van der Waals surface area contributed by atoms with Gasteiger partial charge in [-0.3, -0.25) is 9.78 Å². The lowest BCUT2D eigenvalue weighted by Crippen LogP contribution is -2.41. The Hall–Kier alpha value is -2.68. The number of aryl methyl sites for hydroxylation is 1. The molecule has 39 heavy (non-hydrogen) atoms. The van der Waals surface area contributed by atoms with Gasteiger partial charge in [-0.25, -0.2) is 0 Å². The van der Waals surface area contributed by atoms with Crippen molar-refractivity contribution in [3.8, 4) is 11.5 Å². The molecule has 0 radical (unpaired) electrons. The first-order chi connectivity index (χ1) is 18.5. The van der Waals surface area contributed by atoms with E-state index in [4.69, 9.17) is 19.9 Å². The fraction of sp³-hybridized carbons (Fsp3) is 0.613. The number of ether oxygens (including phenoxy) is 3. The van der Waals surface area contributed by atoms with Gasteiger partial charge in [0, 0.05) is 37.8 Å². The number of amides is 1. The normalized spacial score (nSPS) is 14.6. The summed E-state index contributed by atoms with van der Waals surface area (Å²) in [5.74, 6) is 1.57. The molecule has 8 heteroatoms. The summed E-state index contributed by atoms with van der Waals surface area (Å²) in [7, 11) is 3.31. The lowest BCUT2D eigenvalue weighted by Gasteiger charge is -2.30. The number of aliphatic hydroxyl groups excluding tert-OH is 1. The minimum Gasteiger partial charge on any atom is -0.493 e. The maximum absolute atomic E-state index is 13.0. The Labute approximate surface area is 234 Å². The first-order valence-corrected chi connectivity index (χ1v) is 14.0. The monoisotopic (exact) mass is 543 g/mol. The lowest BCUT2D eigenvalue weighted by molar-refractivity contribution is -0.122. The van der Waals surface area contributed by atoms with Gasteiger partial charge >= 0.3 is 0 Å². The molecule has 0 aliphatic carbocycles. The van der Waals surface area contributed by atoms with E-state index in [1.54, 1.807) is 20.4 Å². The zero-order valence-corrected chi connectivity index (χ0v) is 24.8. The third-order valence-corrected chi connectivity index (χ3v) is 7.30. The van der Waals surface area contributed by atoms with Crippen molar-refractivity contribution in [1.29, 1.82) is 0 Å². The average Bonchev–Trinajstić information content (AvgIpc) is 2.90. The number of nitrogens with one attached hydrogen (secondary N) is 1. The molecule has 0 saturated heterocycles. The van der Waals surface area contributed by atoms with Crippen LogP contribution in [0.2, 0.25) is 0 Å². The molecule has 0 fully saturated rings. The van der Waals surface area contributed by atoms with Crippen LogP contribution in [0.5, 0.6) is 11.5 Å². The number of pyridine rings is 1. The number of nitrogens with zero attached hydrogens (tertiary/aromatic N) is 1. The van der Waals surface area contributed by atoms with Crippen LogP contribution >= 0.6 is 0 Å². The first kappa shape index (κ1) is 32.5. The number of hydrogen-bond donors (Lipinski definition) is 3. The van der Waals surface area contributed by atoms with Gasteiger partial charge in [0.2, 0.25) is 5.91 Å². The van der Waals surface area contributed by atoms with Crippen LogP contribution in [0.3, 0.4) is 0 Å². The molecule has 1 aromatic carbocycles. The topological polar surface area (TPSA) is 116 Å². The number of rotatable bonds is 17. The van der Waals surface area contributed by atoms with E-state index in [-0.39, 0.29) is 23.7 Å². The second kappa shape index (κ2) is 16.4. The summed E-state index contributed by atoms with van der Waals surface area (Å²) in [6, 6.07) is 9.26. The van der Waals surface area contributed by atoms with Gasteiger partial charge in [0.1, 0.15) is 0 Å². The number of aliphatic hydroxyl groups is 1. The molecule has 4 atom stereocenters. The smallest absolute Gasteiger partial charge is 0.227 e. The molecule has 0 saturated carbocycles. The molecule has 2 aromatic rings. The molecule has 0 spiro atoms. The summed E-state index contributed by atoms with van der Waals surface area (Å²) in [4.78, 5) is 17.3. The van der Waals surface area contributed by atoms with Crippen molar-refractivity contribution >= 4 is 11.6 Å². The number of carbonyl (C=O) groups excluding carboxylic acids is 1. The molecule has 4 unspecified atom stereocenters. The van der Waals surface area contributed by atoms with Crippen LogP contribution in [-0.2, 0) is 16.0 Å². The second-order valence-corrected chi connectivity index (χ2v) is 11.1. The third kappa shape index (κ3) is 10.8. The Balaban J connectivity index is 2.04. The molecule has 0 bridgehead atoms. The summed E-state index contributed by atoms with van der Waals surface area (Å²) < 4.78 is 16.5. The van der Waals surface area contributed by atoms with Crippen LogP contribution in [0.25, 0.3) is 0 Å². The first-order valence-electron chi connectivity index (χ1n) is 14.0. The summed E-state index contributed by atoms with van der Waals surface area (Å²) in [6.45, 7) is 11.4. The number of benzene rings is 1. The van der Waals surface area contributed by atoms with Gasteiger partial charge in [-0.1, -0.05) is 33.8 Å². The van der Waals surface area contributed by atoms with E-state index in [1.807, 2.05) is 45.0 Å². The summed E-state index contributed by atoms with van der Waals surface area (Å²) in [6.07, 6.45) is 3.39. The van der Waals surface area contributed by atoms with E-state index < -0.39 is 12.1 Å². The zero-order valence-electron chi connectivity index (χ0n) is 24.8. The third-order valence-electron chi connectivity index (χ3n) is 7.30. The van der Waals surface area contributed by atoms with E-state index >= 15 is 0 Å². The quantitative estimate of drug-likeness (QED) is 0.240. The van der Waals surface area contributed by atoms with Crippen molar-refractivity contribution in [1.82, 2.24) is 4.98 Å². The van der Waals surface area contributed by atoms with Gasteiger partial charge < -0.3 is 30.4 Å². The number of methoxy groups -OCH3 is 2. The highest BCUT2D eigenvalue weighted by Crippen LogP contribution is 2.32. The van der Waals surface area contributed by atoms with Gasteiger partial charge in [-0.05, 0) is 73.8 Å². The Morgan fingerprint density at radius 1 is 1.03 bits per heavy atom. The molecule has 1 aromatic heterocycles. The van der Waals surface area contributed by atoms with Gasteiger partial charge in [0.05, 0.1) is 31.7 Å². The highest BCUT2D eigenvalue weighted by molar-refractivity contribution is 5.92. The Kier molecular flexibility index (Phi) is 13.7. The second-order valence-electron chi connectivity index (χ2n) is 11.1. The van der Waals surface area contributed by atoms with Gasteiger partial charge in [-0.15, -0.1) is 0 Å². The standard InChI is InChI=1S/C31H49N3O5/c1-20(2)24(15-23-10-12-29(38-7)30(16-23)39-14-8-13-37-6)17-27(32)28(35)18-26(21(3)4)31(36)34-25-11-9-22(5)33-19-25/h9-12,16,19-21,24,26-28,35H,8,13-15,17-18,32H2,1-7H3,(H,34,36). The highest BCUT2D eigenvalue weighted by Gasteiger charge is 2.30. The molecule has 4 N–H and O–H groups in total. The molecule has 0 aliphatic rings. The van der Waals surface area contributed by atoms with Crippen molar-refractivity contribution in [3.05, 3.63) is 47.8 Å². The fourth-order valence-electron chi connectivity index (χ4n) is 4.64. The predicted octanol–water partition coefficient (Wildman–Crippen LogP) is 5.01. The van der Waals surface area contributed by atoms with Crippen molar-refractivity contribution in [2.75, 3.05) is 32.8 Å². The maximum atomic E-state index is 13.0. The van der Waals surface area contributed by atoms with E-state index in [1.165, 1.54) is 0 Å². The molecular formula is C31H49N3O5. The molecule has 8 nitrogen and oxygen atoms in total. The minimum atomic E-state index is -0.795. The summed E-state index contributed by atoms with van der Waals surface area (Å²) >= 11 is 0. The van der Waals surface area contributed by atoms with Crippen molar-refractivity contribution in [3.63, 3.8) is 0 Å². The fourth-order valence-corrected chi connectivity index (χ4v) is 4.64. The molecule has 218 valence electrons. The number of hydrogen-bond acceptors (Lipinski definition) is 7. The van der Waals surface area contributed by atoms with E-state index in [0.717, 1.165) is 24.1 Å². The van der Waals surface area contributed by atoms with Crippen LogP contribution in [0.4, 0.5) is 5.69 Å². The van der Waals surface area contributed by atoms with Gasteiger partial charge in [0.25, 0.3) is 0 Å².